The van der Waals surface area contributed by atoms with Crippen LogP contribution in [0.4, 0.5) is 0 Å². The van der Waals surface area contributed by atoms with Crippen molar-refractivity contribution in [2.24, 2.45) is 0 Å². The van der Waals surface area contributed by atoms with Crippen LogP contribution < -0.4 is 5.32 Å². The fourth-order valence-corrected chi connectivity index (χ4v) is 4.95. The van der Waals surface area contributed by atoms with Crippen molar-refractivity contribution < 1.29 is 13.2 Å². The van der Waals surface area contributed by atoms with E-state index in [2.05, 4.69) is 17.4 Å². The highest BCUT2D eigenvalue weighted by Gasteiger charge is 2.21. The Morgan fingerprint density at radius 2 is 1.62 bits per heavy atom. The fraction of sp³-hybridized carbons (Fsp3) is 0.409. The monoisotopic (exact) mass is 434 g/mol. The molecule has 29 heavy (non-hydrogen) atoms. The van der Waals surface area contributed by atoms with Gasteiger partial charge in [0.1, 0.15) is 0 Å². The molecular formula is C22H30N2O3S2. The molecule has 1 atom stereocenters. The number of aryl methyl sites for hydroxylation is 1. The van der Waals surface area contributed by atoms with Crippen molar-refractivity contribution in [2.45, 2.75) is 49.4 Å². The lowest BCUT2D eigenvalue weighted by Gasteiger charge is -2.18. The number of hydrogen-bond donors (Lipinski definition) is 1. The Bertz CT molecular complexity index is 891. The number of carbonyl (C=O) groups excluding carboxylic acids is 1. The molecule has 0 aromatic heterocycles. The average Bonchev–Trinajstić information content (AvgIpc) is 2.73. The van der Waals surface area contributed by atoms with Crippen LogP contribution in [0.3, 0.4) is 0 Å². The third-order valence-electron chi connectivity index (χ3n) is 4.90. The van der Waals surface area contributed by atoms with E-state index in [-0.39, 0.29) is 16.8 Å². The van der Waals surface area contributed by atoms with Gasteiger partial charge >= 0.3 is 0 Å². The van der Waals surface area contributed by atoms with Crippen LogP contribution >= 0.6 is 11.8 Å². The lowest BCUT2D eigenvalue weighted by Crippen LogP contribution is -2.30. The number of rotatable bonds is 10. The molecule has 2 rings (SSSR count). The van der Waals surface area contributed by atoms with Crippen molar-refractivity contribution in [3.05, 3.63) is 59.7 Å². The highest BCUT2D eigenvalue weighted by atomic mass is 32.2. The van der Waals surface area contributed by atoms with Crippen LogP contribution in [-0.2, 0) is 21.2 Å². The van der Waals surface area contributed by atoms with Crippen molar-refractivity contribution in [3.63, 3.8) is 0 Å². The Kier molecular flexibility index (Phi) is 8.74. The molecule has 0 heterocycles. The zero-order valence-corrected chi connectivity index (χ0v) is 19.1. The average molecular weight is 435 g/mol. The van der Waals surface area contributed by atoms with E-state index in [1.165, 1.54) is 9.20 Å². The SMILES string of the molecule is CCN(CC)S(=O)(=O)c1ccc(CCC(=O)N[C@@H](C)c2ccc(SC)cc2)cc1. The van der Waals surface area contributed by atoms with Gasteiger partial charge in [-0.1, -0.05) is 38.1 Å². The Morgan fingerprint density at radius 3 is 2.14 bits per heavy atom. The molecule has 2 aromatic rings. The minimum absolute atomic E-state index is 0.0220. The zero-order valence-electron chi connectivity index (χ0n) is 17.5. The summed E-state index contributed by atoms with van der Waals surface area (Å²) in [7, 11) is -3.45. The minimum Gasteiger partial charge on any atom is -0.350 e. The molecule has 1 N–H and O–H groups in total. The minimum atomic E-state index is -3.45. The summed E-state index contributed by atoms with van der Waals surface area (Å²) in [5, 5.41) is 3.02. The standard InChI is InChI=1S/C22H30N2O3S2/c1-5-24(6-2)29(26,27)21-14-7-18(8-15-21)9-16-22(25)23-17(3)19-10-12-20(28-4)13-11-19/h7-8,10-15,17H,5-6,9,16H2,1-4H3,(H,23,25)/t17-/m0/s1. The number of sulfonamides is 1. The Labute approximate surface area is 178 Å². The molecule has 0 spiro atoms. The molecule has 7 heteroatoms. The van der Waals surface area contributed by atoms with Gasteiger partial charge in [-0.3, -0.25) is 4.79 Å². The molecular weight excluding hydrogens is 404 g/mol. The molecule has 0 fully saturated rings. The Morgan fingerprint density at radius 1 is 1.03 bits per heavy atom. The van der Waals surface area contributed by atoms with Gasteiger partial charge in [0.25, 0.3) is 0 Å². The second kappa shape index (κ2) is 10.8. The second-order valence-electron chi connectivity index (χ2n) is 6.80. The first-order valence-electron chi connectivity index (χ1n) is 9.84. The first-order valence-corrected chi connectivity index (χ1v) is 12.5. The van der Waals surface area contributed by atoms with Gasteiger partial charge in [-0.25, -0.2) is 8.42 Å². The topological polar surface area (TPSA) is 66.5 Å². The van der Waals surface area contributed by atoms with Crippen molar-refractivity contribution in [2.75, 3.05) is 19.3 Å². The predicted octanol–water partition coefficient (Wildman–Crippen LogP) is 4.25. The number of benzene rings is 2. The predicted molar refractivity (Wildman–Crippen MR) is 120 cm³/mol. The summed E-state index contributed by atoms with van der Waals surface area (Å²) < 4.78 is 26.5. The summed E-state index contributed by atoms with van der Waals surface area (Å²) in [6.07, 6.45) is 2.96. The summed E-state index contributed by atoms with van der Waals surface area (Å²) in [6.45, 7) is 6.51. The van der Waals surface area contributed by atoms with Crippen LogP contribution in [0.1, 0.15) is 44.4 Å². The number of carbonyl (C=O) groups is 1. The van der Waals surface area contributed by atoms with Gasteiger partial charge in [-0.15, -0.1) is 11.8 Å². The van der Waals surface area contributed by atoms with Gasteiger partial charge in [-0.05, 0) is 55.0 Å². The van der Waals surface area contributed by atoms with Crippen molar-refractivity contribution in [1.29, 1.82) is 0 Å². The lowest BCUT2D eigenvalue weighted by atomic mass is 10.1. The first kappa shape index (κ1) is 23.4. The number of thioether (sulfide) groups is 1. The van der Waals surface area contributed by atoms with Gasteiger partial charge in [0.05, 0.1) is 10.9 Å². The Hall–Kier alpha value is -1.83. The molecule has 0 aliphatic heterocycles. The summed E-state index contributed by atoms with van der Waals surface area (Å²) in [5.41, 5.74) is 2.01. The molecule has 0 radical (unpaired) electrons. The molecule has 0 unspecified atom stereocenters. The summed E-state index contributed by atoms with van der Waals surface area (Å²) in [6, 6.07) is 14.9. The molecule has 5 nitrogen and oxygen atoms in total. The Balaban J connectivity index is 1.91. The van der Waals surface area contributed by atoms with E-state index in [9.17, 15) is 13.2 Å². The van der Waals surface area contributed by atoms with E-state index in [1.807, 2.05) is 39.2 Å². The summed E-state index contributed by atoms with van der Waals surface area (Å²) >= 11 is 1.69. The van der Waals surface area contributed by atoms with E-state index < -0.39 is 10.0 Å². The molecule has 0 saturated heterocycles. The third kappa shape index (κ3) is 6.32. The van der Waals surface area contributed by atoms with Gasteiger partial charge < -0.3 is 5.32 Å². The molecule has 0 aliphatic carbocycles. The molecule has 1 amide bonds. The number of amides is 1. The molecule has 158 valence electrons. The van der Waals surface area contributed by atoms with Crippen LogP contribution in [-0.4, -0.2) is 38.0 Å². The first-order chi connectivity index (χ1) is 13.8. The van der Waals surface area contributed by atoms with Crippen molar-refractivity contribution >= 4 is 27.7 Å². The third-order valence-corrected chi connectivity index (χ3v) is 7.71. The maximum absolute atomic E-state index is 12.5. The second-order valence-corrected chi connectivity index (χ2v) is 9.61. The van der Waals surface area contributed by atoms with Crippen LogP contribution in [0.15, 0.2) is 58.3 Å². The van der Waals surface area contributed by atoms with E-state index in [0.29, 0.717) is 25.9 Å². The maximum Gasteiger partial charge on any atom is 0.243 e. The molecule has 2 aromatic carbocycles. The molecule has 0 bridgehead atoms. The van der Waals surface area contributed by atoms with Crippen LogP contribution in [0.25, 0.3) is 0 Å². The van der Waals surface area contributed by atoms with Gasteiger partial charge in [0.2, 0.25) is 15.9 Å². The van der Waals surface area contributed by atoms with Crippen molar-refractivity contribution in [1.82, 2.24) is 9.62 Å². The zero-order chi connectivity index (χ0) is 21.4. The molecule has 0 saturated carbocycles. The summed E-state index contributed by atoms with van der Waals surface area (Å²) in [5.74, 6) is -0.0220. The van der Waals surface area contributed by atoms with Crippen LogP contribution in [0.2, 0.25) is 0 Å². The van der Waals surface area contributed by atoms with E-state index in [4.69, 9.17) is 0 Å². The van der Waals surface area contributed by atoms with E-state index in [0.717, 1.165) is 11.1 Å². The van der Waals surface area contributed by atoms with E-state index >= 15 is 0 Å². The van der Waals surface area contributed by atoms with E-state index in [1.54, 1.807) is 36.0 Å². The number of hydrogen-bond acceptors (Lipinski definition) is 4. The van der Waals surface area contributed by atoms with Crippen molar-refractivity contribution in [3.8, 4) is 0 Å². The summed E-state index contributed by atoms with van der Waals surface area (Å²) in [4.78, 5) is 13.8. The number of nitrogens with zero attached hydrogens (tertiary/aromatic N) is 1. The quantitative estimate of drug-likeness (QED) is 0.568. The maximum atomic E-state index is 12.5. The molecule has 0 aliphatic rings. The van der Waals surface area contributed by atoms with Gasteiger partial charge in [0.15, 0.2) is 0 Å². The number of nitrogens with one attached hydrogen (secondary N) is 1. The van der Waals surface area contributed by atoms with Gasteiger partial charge in [0, 0.05) is 24.4 Å². The smallest absolute Gasteiger partial charge is 0.243 e. The highest BCUT2D eigenvalue weighted by molar-refractivity contribution is 7.98. The normalized spacial score (nSPS) is 12.7. The fourth-order valence-electron chi connectivity index (χ4n) is 3.09. The lowest BCUT2D eigenvalue weighted by molar-refractivity contribution is -0.121. The van der Waals surface area contributed by atoms with Crippen LogP contribution in [0, 0.1) is 0 Å². The van der Waals surface area contributed by atoms with Gasteiger partial charge in [-0.2, -0.15) is 4.31 Å². The largest absolute Gasteiger partial charge is 0.350 e. The van der Waals surface area contributed by atoms with Crippen LogP contribution in [0.5, 0.6) is 0 Å². The highest BCUT2D eigenvalue weighted by Crippen LogP contribution is 2.20.